The molecule has 1 saturated carbocycles. The van der Waals surface area contributed by atoms with Gasteiger partial charge in [0.2, 0.25) is 11.8 Å². The van der Waals surface area contributed by atoms with Gasteiger partial charge in [-0.1, -0.05) is 81.7 Å². The van der Waals surface area contributed by atoms with Gasteiger partial charge in [0.1, 0.15) is 5.41 Å². The Balaban J connectivity index is 1.47. The van der Waals surface area contributed by atoms with Gasteiger partial charge in [0, 0.05) is 24.6 Å². The van der Waals surface area contributed by atoms with Crippen LogP contribution in [0.2, 0.25) is 0 Å². The fraction of sp³-hybridized carbons (Fsp3) is 0.545. The molecule has 2 aromatic carbocycles. The topological polar surface area (TPSA) is 75.7 Å². The first-order valence-corrected chi connectivity index (χ1v) is 14.6. The summed E-state index contributed by atoms with van der Waals surface area (Å²) < 4.78 is 5.41. The molecule has 0 radical (unpaired) electrons. The molecule has 2 amide bonds. The molecule has 5 rings (SSSR count). The molecule has 2 atom stereocenters. The van der Waals surface area contributed by atoms with Crippen LogP contribution in [0.4, 0.5) is 0 Å². The second kappa shape index (κ2) is 11.1. The minimum atomic E-state index is -0.955. The smallest absolute Gasteiger partial charge is 0.317 e. The summed E-state index contributed by atoms with van der Waals surface area (Å²) >= 11 is 0. The van der Waals surface area contributed by atoms with Crippen molar-refractivity contribution < 1.29 is 19.1 Å². The number of benzene rings is 2. The summed E-state index contributed by atoms with van der Waals surface area (Å²) in [5.74, 6) is -0.573. The maximum absolute atomic E-state index is 14.1. The lowest BCUT2D eigenvalue weighted by Gasteiger charge is -2.51. The second-order valence-corrected chi connectivity index (χ2v) is 12.7. The molecule has 1 heterocycles. The first-order valence-electron chi connectivity index (χ1n) is 14.6. The summed E-state index contributed by atoms with van der Waals surface area (Å²) in [5.41, 5.74) is 0.680. The van der Waals surface area contributed by atoms with Crippen molar-refractivity contribution in [1.29, 1.82) is 0 Å². The summed E-state index contributed by atoms with van der Waals surface area (Å²) in [4.78, 5) is 42.7. The number of hydrogen-bond donors (Lipinski definition) is 1. The van der Waals surface area contributed by atoms with Crippen molar-refractivity contribution >= 4 is 28.6 Å². The molecule has 0 aromatic heterocycles. The molecular formula is C33H42N2O4. The SMILES string of the molecule is COC(=O)[C@@]12C[C@H](CC(=O)NCC3CCCCC3)C(=O)N(Cc3cccc4ccccc34)C1=CCC(C)(C)C2. The highest BCUT2D eigenvalue weighted by Crippen LogP contribution is 2.55. The van der Waals surface area contributed by atoms with Crippen LogP contribution in [0.1, 0.15) is 77.2 Å². The quantitative estimate of drug-likeness (QED) is 0.437. The highest BCUT2D eigenvalue weighted by atomic mass is 16.5. The van der Waals surface area contributed by atoms with Gasteiger partial charge in [-0.15, -0.1) is 0 Å². The number of nitrogens with one attached hydrogen (secondary N) is 1. The zero-order valence-corrected chi connectivity index (χ0v) is 23.6. The third kappa shape index (κ3) is 5.61. The van der Waals surface area contributed by atoms with E-state index in [0.29, 0.717) is 31.8 Å². The fourth-order valence-electron chi connectivity index (χ4n) is 7.26. The lowest BCUT2D eigenvalue weighted by Crippen LogP contribution is -2.55. The third-order valence-corrected chi connectivity index (χ3v) is 9.15. The lowest BCUT2D eigenvalue weighted by molar-refractivity contribution is -0.162. The number of methoxy groups -OCH3 is 1. The van der Waals surface area contributed by atoms with Crippen LogP contribution in [0.15, 0.2) is 54.2 Å². The summed E-state index contributed by atoms with van der Waals surface area (Å²) in [6.45, 7) is 5.33. The Labute approximate surface area is 232 Å². The Bertz CT molecular complexity index is 1270. The van der Waals surface area contributed by atoms with Gasteiger partial charge in [-0.2, -0.15) is 0 Å². The van der Waals surface area contributed by atoms with Crippen LogP contribution in [-0.2, 0) is 25.7 Å². The van der Waals surface area contributed by atoms with Crippen LogP contribution in [0.25, 0.3) is 10.8 Å². The molecule has 6 heteroatoms. The van der Waals surface area contributed by atoms with Crippen LogP contribution in [0.3, 0.4) is 0 Å². The predicted molar refractivity (Wildman–Crippen MR) is 152 cm³/mol. The van der Waals surface area contributed by atoms with E-state index >= 15 is 0 Å². The molecule has 2 fully saturated rings. The second-order valence-electron chi connectivity index (χ2n) is 12.7. The number of fused-ring (bicyclic) bond motifs is 2. The van der Waals surface area contributed by atoms with Crippen molar-refractivity contribution in [1.82, 2.24) is 10.2 Å². The van der Waals surface area contributed by atoms with E-state index in [2.05, 4.69) is 43.4 Å². The molecule has 208 valence electrons. The molecule has 0 unspecified atom stereocenters. The summed E-state index contributed by atoms with van der Waals surface area (Å²) in [6.07, 6.45) is 9.82. The monoisotopic (exact) mass is 530 g/mol. The van der Waals surface area contributed by atoms with Gasteiger partial charge < -0.3 is 15.0 Å². The maximum Gasteiger partial charge on any atom is 0.317 e. The largest absolute Gasteiger partial charge is 0.468 e. The average molecular weight is 531 g/mol. The number of ether oxygens (including phenoxy) is 1. The summed E-state index contributed by atoms with van der Waals surface area (Å²) in [5, 5.41) is 5.30. The summed E-state index contributed by atoms with van der Waals surface area (Å²) in [7, 11) is 1.42. The first-order chi connectivity index (χ1) is 18.7. The number of amides is 2. The van der Waals surface area contributed by atoms with Crippen molar-refractivity contribution in [3.05, 3.63) is 59.8 Å². The van der Waals surface area contributed by atoms with Crippen molar-refractivity contribution in [3.8, 4) is 0 Å². The lowest BCUT2D eigenvalue weighted by atomic mass is 9.59. The number of esters is 1. The van der Waals surface area contributed by atoms with E-state index in [-0.39, 0.29) is 29.6 Å². The van der Waals surface area contributed by atoms with Gasteiger partial charge in [0.25, 0.3) is 0 Å². The molecular weight excluding hydrogens is 488 g/mol. The van der Waals surface area contributed by atoms with Gasteiger partial charge in [-0.05, 0) is 59.8 Å². The number of likely N-dealkylation sites (tertiary alicyclic amines) is 1. The standard InChI is InChI=1S/C33H42N2O4/c1-32(2)17-16-28-33(22-32,31(38)39-3)19-26(18-29(36)34-20-23-10-5-4-6-11-23)30(37)35(28)21-25-14-9-13-24-12-7-8-15-27(24)25/h7-9,12-16,23,26H,4-6,10-11,17-22H2,1-3H3,(H,34,36)/t26-,33+/m0/s1. The molecule has 6 nitrogen and oxygen atoms in total. The number of carbonyl (C=O) groups is 3. The van der Waals surface area contributed by atoms with Gasteiger partial charge in [-0.3, -0.25) is 14.4 Å². The maximum atomic E-state index is 14.1. The van der Waals surface area contributed by atoms with Gasteiger partial charge in [0.15, 0.2) is 0 Å². The molecule has 1 N–H and O–H groups in total. The van der Waals surface area contributed by atoms with Crippen molar-refractivity contribution in [2.24, 2.45) is 22.7 Å². The number of carbonyl (C=O) groups excluding carboxylic acids is 3. The first kappa shape index (κ1) is 27.4. The normalized spacial score (nSPS) is 25.1. The van der Waals surface area contributed by atoms with Gasteiger partial charge in [0.05, 0.1) is 13.7 Å². The van der Waals surface area contributed by atoms with Crippen LogP contribution in [0, 0.1) is 22.7 Å². The van der Waals surface area contributed by atoms with Crippen LogP contribution in [0.5, 0.6) is 0 Å². The van der Waals surface area contributed by atoms with Crippen LogP contribution in [-0.4, -0.2) is 36.3 Å². The van der Waals surface area contributed by atoms with E-state index in [1.54, 1.807) is 4.90 Å². The van der Waals surface area contributed by atoms with E-state index < -0.39 is 11.3 Å². The zero-order chi connectivity index (χ0) is 27.6. The van der Waals surface area contributed by atoms with Gasteiger partial charge in [-0.25, -0.2) is 0 Å². The Kier molecular flexibility index (Phi) is 7.84. The van der Waals surface area contributed by atoms with Gasteiger partial charge >= 0.3 is 5.97 Å². The molecule has 2 aliphatic carbocycles. The highest BCUT2D eigenvalue weighted by molar-refractivity contribution is 5.93. The zero-order valence-electron chi connectivity index (χ0n) is 23.6. The van der Waals surface area contributed by atoms with E-state index in [9.17, 15) is 14.4 Å². The minimum Gasteiger partial charge on any atom is -0.468 e. The van der Waals surface area contributed by atoms with Crippen LogP contribution >= 0.6 is 0 Å². The van der Waals surface area contributed by atoms with E-state index in [0.717, 1.165) is 41.3 Å². The molecule has 2 aromatic rings. The van der Waals surface area contributed by atoms with Crippen LogP contribution < -0.4 is 5.32 Å². The van der Waals surface area contributed by atoms with Crippen molar-refractivity contribution in [2.45, 2.75) is 78.2 Å². The highest BCUT2D eigenvalue weighted by Gasteiger charge is 2.57. The predicted octanol–water partition coefficient (Wildman–Crippen LogP) is 6.14. The third-order valence-electron chi connectivity index (χ3n) is 9.15. The molecule has 3 aliphatic rings. The Morgan fingerprint density at radius 3 is 2.56 bits per heavy atom. The Morgan fingerprint density at radius 1 is 1.05 bits per heavy atom. The average Bonchev–Trinajstić information content (AvgIpc) is 2.94. The number of rotatable bonds is 7. The Hall–Kier alpha value is -3.15. The minimum absolute atomic E-state index is 0.0822. The molecule has 39 heavy (non-hydrogen) atoms. The molecule has 0 spiro atoms. The summed E-state index contributed by atoms with van der Waals surface area (Å²) in [6, 6.07) is 14.3. The molecule has 1 saturated heterocycles. The van der Waals surface area contributed by atoms with E-state index in [4.69, 9.17) is 4.74 Å². The number of piperidine rings is 1. The number of nitrogens with zero attached hydrogens (tertiary/aromatic N) is 1. The molecule has 1 aliphatic heterocycles. The van der Waals surface area contributed by atoms with Crippen molar-refractivity contribution in [3.63, 3.8) is 0 Å². The van der Waals surface area contributed by atoms with Crippen molar-refractivity contribution in [2.75, 3.05) is 13.7 Å². The Morgan fingerprint density at radius 2 is 1.79 bits per heavy atom. The van der Waals surface area contributed by atoms with E-state index in [1.165, 1.54) is 26.4 Å². The number of allylic oxidation sites excluding steroid dienone is 1. The fourth-order valence-corrected chi connectivity index (χ4v) is 7.26. The van der Waals surface area contributed by atoms with E-state index in [1.807, 2.05) is 24.3 Å². The number of hydrogen-bond acceptors (Lipinski definition) is 4. The molecule has 0 bridgehead atoms.